The number of hydrogen-bond acceptors (Lipinski definition) is 8. The first-order valence-corrected chi connectivity index (χ1v) is 22.1. The molecular formula is C51H57N7O7. The molecule has 8 N–H and O–H groups in total. The molecule has 0 aliphatic rings. The standard InChI is InChI=1S/C51H57N7O7/c1-34(56-50(64)43(52)30-36-23-25-38(59)26-24-36)49(63)55-32-47(61)57-44(31-35-14-4-2-5-15-35)51(65)54-28-13-22-46(60)53-27-10-3-11-29-58-33-42(40-19-8-9-21-45(40)58)48(62)41-20-12-17-37-16-6-7-18-39(37)41/h2,4-9,12,14-21,23-26,33-34,43-44,59H,3,10-11,13,22,27-32,52H2,1H3,(H,53,60)(H,54,65)(H,55,63)(H,56,64)(H,57,61)/t34-,43+,44+/m1/s1. The van der Waals surface area contributed by atoms with E-state index in [0.717, 1.165) is 58.6 Å². The van der Waals surface area contributed by atoms with E-state index >= 15 is 0 Å². The van der Waals surface area contributed by atoms with Crippen molar-refractivity contribution in [2.75, 3.05) is 19.6 Å². The number of nitrogens with two attached hydrogens (primary N) is 1. The first-order chi connectivity index (χ1) is 31.5. The highest BCUT2D eigenvalue weighted by Crippen LogP contribution is 2.28. The molecule has 6 aromatic rings. The summed E-state index contributed by atoms with van der Waals surface area (Å²) in [4.78, 5) is 78.1. The van der Waals surface area contributed by atoms with Gasteiger partial charge in [0, 0.05) is 60.7 Å². The fraction of sp³-hybridized carbons (Fsp3) is 0.294. The van der Waals surface area contributed by atoms with Gasteiger partial charge in [-0.3, -0.25) is 28.8 Å². The fourth-order valence-electron chi connectivity index (χ4n) is 7.65. The normalized spacial score (nSPS) is 12.5. The molecule has 0 spiro atoms. The van der Waals surface area contributed by atoms with Crippen LogP contribution in [0, 0.1) is 0 Å². The number of carbonyl (C=O) groups is 6. The van der Waals surface area contributed by atoms with Crippen LogP contribution >= 0.6 is 0 Å². The molecule has 65 heavy (non-hydrogen) atoms. The molecule has 0 bridgehead atoms. The Balaban J connectivity index is 0.887. The molecule has 0 unspecified atom stereocenters. The van der Waals surface area contributed by atoms with Crippen LogP contribution in [0.5, 0.6) is 5.75 Å². The highest BCUT2D eigenvalue weighted by molar-refractivity contribution is 6.21. The maximum atomic E-state index is 13.8. The zero-order valence-corrected chi connectivity index (χ0v) is 36.6. The summed E-state index contributed by atoms with van der Waals surface area (Å²) < 4.78 is 2.14. The number of fused-ring (bicyclic) bond motifs is 2. The largest absolute Gasteiger partial charge is 0.508 e. The second-order valence-electron chi connectivity index (χ2n) is 16.1. The van der Waals surface area contributed by atoms with E-state index < -0.39 is 48.3 Å². The van der Waals surface area contributed by atoms with Crippen molar-refractivity contribution in [3.63, 3.8) is 0 Å². The van der Waals surface area contributed by atoms with Crippen molar-refractivity contribution in [2.24, 2.45) is 5.73 Å². The molecule has 6 rings (SSSR count). The van der Waals surface area contributed by atoms with Gasteiger partial charge in [0.05, 0.1) is 12.6 Å². The summed E-state index contributed by atoms with van der Waals surface area (Å²) in [6.45, 7) is 2.49. The number of nitrogens with zero attached hydrogens (tertiary/aromatic N) is 1. The van der Waals surface area contributed by atoms with Gasteiger partial charge in [-0.2, -0.15) is 0 Å². The van der Waals surface area contributed by atoms with Gasteiger partial charge >= 0.3 is 0 Å². The second kappa shape index (κ2) is 23.4. The highest BCUT2D eigenvalue weighted by Gasteiger charge is 2.24. The Morgan fingerprint density at radius 1 is 0.600 bits per heavy atom. The summed E-state index contributed by atoms with van der Waals surface area (Å²) in [5.41, 5.74) is 9.94. The van der Waals surface area contributed by atoms with E-state index in [9.17, 15) is 33.9 Å². The zero-order chi connectivity index (χ0) is 46.1. The molecule has 14 heteroatoms. The number of aryl methyl sites for hydroxylation is 1. The van der Waals surface area contributed by atoms with Crippen molar-refractivity contribution in [1.82, 2.24) is 31.2 Å². The quantitative estimate of drug-likeness (QED) is 0.0349. The number of rotatable bonds is 23. The van der Waals surface area contributed by atoms with Gasteiger partial charge in [0.1, 0.15) is 17.8 Å². The molecule has 5 amide bonds. The number of nitrogens with one attached hydrogen (secondary N) is 5. The molecule has 0 fully saturated rings. The lowest BCUT2D eigenvalue weighted by Gasteiger charge is -2.20. The molecule has 0 saturated heterocycles. The number of unbranched alkanes of at least 4 members (excludes halogenated alkanes) is 2. The summed E-state index contributed by atoms with van der Waals surface area (Å²) in [5.74, 6) is -2.24. The number of amides is 5. The third-order valence-electron chi connectivity index (χ3n) is 11.2. The maximum Gasteiger partial charge on any atom is 0.242 e. The molecule has 338 valence electrons. The summed E-state index contributed by atoms with van der Waals surface area (Å²) in [6, 6.07) is 34.2. The number of aromatic hydroxyl groups is 1. The van der Waals surface area contributed by atoms with Crippen molar-refractivity contribution < 1.29 is 33.9 Å². The predicted molar refractivity (Wildman–Crippen MR) is 251 cm³/mol. The van der Waals surface area contributed by atoms with E-state index in [4.69, 9.17) is 5.73 Å². The van der Waals surface area contributed by atoms with Crippen LogP contribution < -0.4 is 32.3 Å². The number of para-hydroxylation sites is 1. The molecular weight excluding hydrogens is 823 g/mol. The molecule has 5 aromatic carbocycles. The Morgan fingerprint density at radius 2 is 1.28 bits per heavy atom. The molecule has 0 radical (unpaired) electrons. The van der Waals surface area contributed by atoms with E-state index in [2.05, 4.69) is 31.2 Å². The molecule has 0 saturated carbocycles. The minimum Gasteiger partial charge on any atom is -0.508 e. The summed E-state index contributed by atoms with van der Waals surface area (Å²) >= 11 is 0. The van der Waals surface area contributed by atoms with Crippen molar-refractivity contribution in [3.05, 3.63) is 150 Å². The molecule has 1 heterocycles. The fourth-order valence-corrected chi connectivity index (χ4v) is 7.65. The van der Waals surface area contributed by atoms with Crippen LogP contribution in [0.2, 0.25) is 0 Å². The lowest BCUT2D eigenvalue weighted by atomic mass is 9.97. The Hall–Kier alpha value is -7.32. The number of aromatic nitrogens is 1. The number of phenols is 1. The minimum atomic E-state index is -0.992. The van der Waals surface area contributed by atoms with Crippen molar-refractivity contribution in [1.29, 1.82) is 0 Å². The van der Waals surface area contributed by atoms with Crippen molar-refractivity contribution >= 4 is 57.0 Å². The van der Waals surface area contributed by atoms with Gasteiger partial charge in [0.25, 0.3) is 0 Å². The van der Waals surface area contributed by atoms with E-state index in [0.29, 0.717) is 24.1 Å². The lowest BCUT2D eigenvalue weighted by Crippen LogP contribution is -2.53. The minimum absolute atomic E-state index is 0.00162. The number of carbonyl (C=O) groups excluding carboxylic acids is 6. The van der Waals surface area contributed by atoms with E-state index in [-0.39, 0.29) is 43.2 Å². The van der Waals surface area contributed by atoms with Crippen LogP contribution in [0.1, 0.15) is 66.1 Å². The average molecular weight is 880 g/mol. The maximum absolute atomic E-state index is 13.8. The molecule has 0 aliphatic carbocycles. The van der Waals surface area contributed by atoms with Crippen LogP contribution in [0.4, 0.5) is 0 Å². The van der Waals surface area contributed by atoms with Crippen LogP contribution in [-0.4, -0.2) is 82.8 Å². The zero-order valence-electron chi connectivity index (χ0n) is 36.6. The van der Waals surface area contributed by atoms with Crippen LogP contribution in [-0.2, 0) is 43.4 Å². The van der Waals surface area contributed by atoms with Gasteiger partial charge in [-0.1, -0.05) is 103 Å². The summed E-state index contributed by atoms with van der Waals surface area (Å²) in [7, 11) is 0. The van der Waals surface area contributed by atoms with Gasteiger partial charge < -0.3 is 42.0 Å². The van der Waals surface area contributed by atoms with Crippen LogP contribution in [0.25, 0.3) is 21.7 Å². The topological polar surface area (TPSA) is 214 Å². The van der Waals surface area contributed by atoms with Crippen LogP contribution in [0.15, 0.2) is 128 Å². The monoisotopic (exact) mass is 879 g/mol. The third-order valence-corrected chi connectivity index (χ3v) is 11.2. The summed E-state index contributed by atoms with van der Waals surface area (Å²) in [6.07, 6.45) is 5.48. The summed E-state index contributed by atoms with van der Waals surface area (Å²) in [5, 5.41) is 25.9. The average Bonchev–Trinajstić information content (AvgIpc) is 3.69. The van der Waals surface area contributed by atoms with Crippen molar-refractivity contribution in [2.45, 2.75) is 76.5 Å². The van der Waals surface area contributed by atoms with E-state index in [1.165, 1.54) is 19.1 Å². The lowest BCUT2D eigenvalue weighted by molar-refractivity contribution is -0.131. The molecule has 1 aromatic heterocycles. The van der Waals surface area contributed by atoms with Gasteiger partial charge in [-0.25, -0.2) is 0 Å². The number of phenolic OH excluding ortho intramolecular Hbond substituents is 1. The van der Waals surface area contributed by atoms with Gasteiger partial charge in [0.15, 0.2) is 5.78 Å². The molecule has 14 nitrogen and oxygen atoms in total. The SMILES string of the molecule is C[C@@H](NC(=O)[C@@H](N)Cc1ccc(O)cc1)C(=O)NCC(=O)N[C@@H](Cc1ccccc1)C(=O)NCCCC(=O)NCCCCCn1cc(C(=O)c2cccc3ccccc23)c2ccccc21. The van der Waals surface area contributed by atoms with E-state index in [1.54, 1.807) is 12.1 Å². The van der Waals surface area contributed by atoms with Crippen molar-refractivity contribution in [3.8, 4) is 5.75 Å². The Kier molecular flexibility index (Phi) is 17.0. The second-order valence-corrected chi connectivity index (χ2v) is 16.1. The number of benzene rings is 5. The molecule has 3 atom stereocenters. The first-order valence-electron chi connectivity index (χ1n) is 22.1. The molecule has 0 aliphatic heterocycles. The Morgan fingerprint density at radius 3 is 2.06 bits per heavy atom. The van der Waals surface area contributed by atoms with Crippen LogP contribution in [0.3, 0.4) is 0 Å². The number of hydrogen-bond donors (Lipinski definition) is 7. The number of ketones is 1. The Bertz CT molecular complexity index is 2590. The third kappa shape index (κ3) is 13.6. The van der Waals surface area contributed by atoms with E-state index in [1.807, 2.05) is 103 Å². The Labute approximate surface area is 378 Å². The van der Waals surface area contributed by atoms with Gasteiger partial charge in [-0.15, -0.1) is 0 Å². The van der Waals surface area contributed by atoms with Gasteiger partial charge in [-0.05, 0) is 79.1 Å². The first kappa shape index (κ1) is 47.2. The smallest absolute Gasteiger partial charge is 0.242 e. The predicted octanol–water partition coefficient (Wildman–Crippen LogP) is 4.83. The highest BCUT2D eigenvalue weighted by atomic mass is 16.3. The van der Waals surface area contributed by atoms with Gasteiger partial charge in [0.2, 0.25) is 29.5 Å².